The molecule has 0 atom stereocenters. The van der Waals surface area contributed by atoms with Gasteiger partial charge in [-0.1, -0.05) is 0 Å². The fourth-order valence-corrected chi connectivity index (χ4v) is 3.77. The minimum Gasteiger partial charge on any atom is -0.351 e. The monoisotopic (exact) mass is 312 g/mol. The summed E-state index contributed by atoms with van der Waals surface area (Å²) in [6.45, 7) is 1.65. The van der Waals surface area contributed by atoms with Crippen LogP contribution in [0.4, 0.5) is 5.95 Å². The molecule has 120 valence electrons. The van der Waals surface area contributed by atoms with Crippen molar-refractivity contribution in [3.05, 3.63) is 36.7 Å². The largest absolute Gasteiger partial charge is 0.351 e. The maximum absolute atomic E-state index is 12.5. The summed E-state index contributed by atoms with van der Waals surface area (Å²) >= 11 is 0. The Morgan fingerprint density at radius 2 is 2.09 bits per heavy atom. The molecule has 2 fully saturated rings. The normalized spacial score (nSPS) is 26.3. The van der Waals surface area contributed by atoms with E-state index in [1.54, 1.807) is 24.9 Å². The maximum Gasteiger partial charge on any atom is 0.274 e. The van der Waals surface area contributed by atoms with Crippen LogP contribution in [0, 0.1) is 5.41 Å². The summed E-state index contributed by atoms with van der Waals surface area (Å²) in [6.07, 6.45) is 10.1. The molecule has 1 aliphatic carbocycles. The molecule has 0 unspecified atom stereocenters. The molecule has 1 aliphatic heterocycles. The first-order chi connectivity index (χ1) is 11.1. The van der Waals surface area contributed by atoms with E-state index >= 15 is 0 Å². The van der Waals surface area contributed by atoms with Crippen molar-refractivity contribution in [3.8, 4) is 0 Å². The van der Waals surface area contributed by atoms with Crippen molar-refractivity contribution in [1.29, 1.82) is 0 Å². The molecule has 7 nitrogen and oxygen atoms in total. The fourth-order valence-electron chi connectivity index (χ4n) is 3.77. The number of likely N-dealkylation sites (tertiary alicyclic amines) is 1. The minimum absolute atomic E-state index is 0.0466. The van der Waals surface area contributed by atoms with Crippen LogP contribution in [-0.4, -0.2) is 49.5 Å². The van der Waals surface area contributed by atoms with Gasteiger partial charge < -0.3 is 14.8 Å². The van der Waals surface area contributed by atoms with Gasteiger partial charge in [-0.2, -0.15) is 0 Å². The highest BCUT2D eigenvalue weighted by atomic mass is 16.2. The van der Waals surface area contributed by atoms with Gasteiger partial charge in [0, 0.05) is 44.8 Å². The summed E-state index contributed by atoms with van der Waals surface area (Å²) < 4.78 is 1.81. The molecular formula is C16H20N6O. The second kappa shape index (κ2) is 5.33. The molecule has 1 spiro atoms. The highest BCUT2D eigenvalue weighted by molar-refractivity contribution is 5.92. The quantitative estimate of drug-likeness (QED) is 0.925. The number of anilines is 1. The number of carbonyl (C=O) groups excluding carboxylic acids is 1. The van der Waals surface area contributed by atoms with Crippen LogP contribution in [0.5, 0.6) is 0 Å². The van der Waals surface area contributed by atoms with Gasteiger partial charge in [-0.05, 0) is 30.7 Å². The van der Waals surface area contributed by atoms with Crippen molar-refractivity contribution in [2.75, 3.05) is 18.4 Å². The Kier molecular flexibility index (Phi) is 3.28. The highest BCUT2D eigenvalue weighted by Crippen LogP contribution is 2.49. The predicted molar refractivity (Wildman–Crippen MR) is 84.8 cm³/mol. The van der Waals surface area contributed by atoms with Gasteiger partial charge in [0.15, 0.2) is 0 Å². The molecule has 1 amide bonds. The first-order valence-corrected chi connectivity index (χ1v) is 7.94. The molecule has 7 heteroatoms. The van der Waals surface area contributed by atoms with Gasteiger partial charge in [0.05, 0.1) is 6.33 Å². The lowest BCUT2D eigenvalue weighted by Gasteiger charge is -2.45. The predicted octanol–water partition coefficient (Wildman–Crippen LogP) is 1.32. The van der Waals surface area contributed by atoms with Crippen LogP contribution in [0.15, 0.2) is 31.0 Å². The number of carbonyl (C=O) groups is 1. The van der Waals surface area contributed by atoms with Crippen molar-refractivity contribution in [1.82, 2.24) is 24.4 Å². The van der Waals surface area contributed by atoms with E-state index in [9.17, 15) is 4.79 Å². The van der Waals surface area contributed by atoms with Crippen molar-refractivity contribution >= 4 is 11.9 Å². The summed E-state index contributed by atoms with van der Waals surface area (Å²) in [5.41, 5.74) is 0.799. The SMILES string of the molecule is Cn1cnc(C(=O)N2CCC3(CC(Nc4ncccn4)C3)C2)c1. The second-order valence-corrected chi connectivity index (χ2v) is 6.72. The third-order valence-electron chi connectivity index (χ3n) is 4.91. The van der Waals surface area contributed by atoms with Crippen LogP contribution >= 0.6 is 0 Å². The smallest absolute Gasteiger partial charge is 0.274 e. The topological polar surface area (TPSA) is 75.9 Å². The van der Waals surface area contributed by atoms with Gasteiger partial charge in [-0.25, -0.2) is 15.0 Å². The van der Waals surface area contributed by atoms with Crippen molar-refractivity contribution in [2.24, 2.45) is 12.5 Å². The van der Waals surface area contributed by atoms with Gasteiger partial charge in [-0.3, -0.25) is 4.79 Å². The first-order valence-electron chi connectivity index (χ1n) is 7.94. The van der Waals surface area contributed by atoms with Crippen LogP contribution in [0.3, 0.4) is 0 Å². The molecule has 23 heavy (non-hydrogen) atoms. The van der Waals surface area contributed by atoms with E-state index in [0.717, 1.165) is 32.4 Å². The number of hydrogen-bond donors (Lipinski definition) is 1. The van der Waals surface area contributed by atoms with Crippen LogP contribution in [0.2, 0.25) is 0 Å². The summed E-state index contributed by atoms with van der Waals surface area (Å²) in [7, 11) is 1.88. The van der Waals surface area contributed by atoms with Crippen LogP contribution in [-0.2, 0) is 7.05 Å². The highest BCUT2D eigenvalue weighted by Gasteiger charge is 2.49. The summed E-state index contributed by atoms with van der Waals surface area (Å²) in [5.74, 6) is 0.733. The first kappa shape index (κ1) is 14.2. The standard InChI is InChI=1S/C16H20N6O/c1-21-9-13(19-11-21)14(23)22-6-3-16(10-22)7-12(8-16)20-15-17-4-2-5-18-15/h2,4-5,9,11-12H,3,6-8,10H2,1H3,(H,17,18,20). The maximum atomic E-state index is 12.5. The van der Waals surface area contributed by atoms with Gasteiger partial charge >= 0.3 is 0 Å². The zero-order valence-corrected chi connectivity index (χ0v) is 13.1. The summed E-state index contributed by atoms with van der Waals surface area (Å²) in [5, 5.41) is 3.37. The molecular weight excluding hydrogens is 292 g/mol. The Morgan fingerprint density at radius 3 is 2.78 bits per heavy atom. The van der Waals surface area contributed by atoms with Gasteiger partial charge in [0.2, 0.25) is 5.95 Å². The molecule has 2 aromatic heterocycles. The van der Waals surface area contributed by atoms with Gasteiger partial charge in [-0.15, -0.1) is 0 Å². The zero-order chi connectivity index (χ0) is 15.9. The molecule has 0 bridgehead atoms. The Balaban J connectivity index is 1.34. The second-order valence-electron chi connectivity index (χ2n) is 6.72. The Bertz CT molecular complexity index is 706. The molecule has 1 saturated carbocycles. The Hall–Kier alpha value is -2.44. The Labute approximate surface area is 134 Å². The lowest BCUT2D eigenvalue weighted by Crippen LogP contribution is -2.47. The number of hydrogen-bond acceptors (Lipinski definition) is 5. The van der Waals surface area contributed by atoms with Crippen LogP contribution in [0.1, 0.15) is 29.8 Å². The molecule has 0 radical (unpaired) electrons. The lowest BCUT2D eigenvalue weighted by molar-refractivity contribution is 0.0710. The van der Waals surface area contributed by atoms with Crippen molar-refractivity contribution in [2.45, 2.75) is 25.3 Å². The number of imidazole rings is 1. The van der Waals surface area contributed by atoms with E-state index in [2.05, 4.69) is 20.3 Å². The van der Waals surface area contributed by atoms with E-state index < -0.39 is 0 Å². The van der Waals surface area contributed by atoms with Crippen LogP contribution < -0.4 is 5.32 Å². The molecule has 0 aromatic carbocycles. The lowest BCUT2D eigenvalue weighted by atomic mass is 9.65. The van der Waals surface area contributed by atoms with E-state index in [0.29, 0.717) is 17.7 Å². The van der Waals surface area contributed by atoms with Crippen LogP contribution in [0.25, 0.3) is 0 Å². The molecule has 4 rings (SSSR count). The average Bonchev–Trinajstić information content (AvgIpc) is 3.14. The van der Waals surface area contributed by atoms with Crippen molar-refractivity contribution < 1.29 is 4.79 Å². The average molecular weight is 312 g/mol. The number of aryl methyl sites for hydroxylation is 1. The molecule has 1 saturated heterocycles. The summed E-state index contributed by atoms with van der Waals surface area (Å²) in [4.78, 5) is 27.0. The van der Waals surface area contributed by atoms with E-state index in [1.807, 2.05) is 22.6 Å². The van der Waals surface area contributed by atoms with E-state index in [4.69, 9.17) is 0 Å². The van der Waals surface area contributed by atoms with Gasteiger partial charge in [0.25, 0.3) is 5.91 Å². The molecule has 2 aliphatic rings. The number of amides is 1. The fraction of sp³-hybridized carbons (Fsp3) is 0.500. The minimum atomic E-state index is 0.0466. The van der Waals surface area contributed by atoms with Crippen molar-refractivity contribution in [3.63, 3.8) is 0 Å². The number of aromatic nitrogens is 4. The van der Waals surface area contributed by atoms with E-state index in [-0.39, 0.29) is 11.3 Å². The summed E-state index contributed by atoms with van der Waals surface area (Å²) in [6, 6.07) is 2.22. The zero-order valence-electron chi connectivity index (χ0n) is 13.1. The number of rotatable bonds is 3. The molecule has 3 heterocycles. The molecule has 1 N–H and O–H groups in total. The number of nitrogens with zero attached hydrogens (tertiary/aromatic N) is 5. The van der Waals surface area contributed by atoms with Gasteiger partial charge in [0.1, 0.15) is 5.69 Å². The number of nitrogens with one attached hydrogen (secondary N) is 1. The Morgan fingerprint density at radius 1 is 1.30 bits per heavy atom. The van der Waals surface area contributed by atoms with E-state index in [1.165, 1.54) is 0 Å². The third kappa shape index (κ3) is 2.67. The molecule has 2 aromatic rings. The third-order valence-corrected chi connectivity index (χ3v) is 4.91.